The van der Waals surface area contributed by atoms with Crippen LogP contribution < -0.4 is 4.72 Å². The highest BCUT2D eigenvalue weighted by Crippen LogP contribution is 2.42. The van der Waals surface area contributed by atoms with Crippen molar-refractivity contribution in [2.45, 2.75) is 50.5 Å². The molecule has 8 heteroatoms. The Kier molecular flexibility index (Phi) is 3.76. The Morgan fingerprint density at radius 3 is 2.91 bits per heavy atom. The number of rotatable bonds is 5. The minimum absolute atomic E-state index is 0.427. The van der Waals surface area contributed by atoms with Crippen molar-refractivity contribution in [3.63, 3.8) is 0 Å². The summed E-state index contributed by atoms with van der Waals surface area (Å²) in [6, 6.07) is 0. The van der Waals surface area contributed by atoms with E-state index < -0.39 is 32.7 Å². The van der Waals surface area contributed by atoms with E-state index in [2.05, 4.69) is 9.71 Å². The Balaban J connectivity index is 1.77. The highest BCUT2D eigenvalue weighted by atomic mass is 32.2. The number of hydrogen-bond acceptors (Lipinski definition) is 5. The summed E-state index contributed by atoms with van der Waals surface area (Å²) in [5.41, 5.74) is 0. The minimum atomic E-state index is -3.61. The van der Waals surface area contributed by atoms with Gasteiger partial charge in [-0.1, -0.05) is 0 Å². The molecule has 122 valence electrons. The molecule has 2 aliphatic rings. The average Bonchev–Trinajstić information content (AvgIpc) is 2.95. The lowest BCUT2D eigenvalue weighted by Crippen LogP contribution is -2.42. The van der Waals surface area contributed by atoms with Gasteiger partial charge in [-0.15, -0.1) is 0 Å². The summed E-state index contributed by atoms with van der Waals surface area (Å²) < 4.78 is 33.4. The largest absolute Gasteiger partial charge is 0.369 e. The van der Waals surface area contributed by atoms with Crippen molar-refractivity contribution in [2.75, 3.05) is 6.61 Å². The first-order valence-corrected chi connectivity index (χ1v) is 9.05. The van der Waals surface area contributed by atoms with E-state index in [0.29, 0.717) is 31.7 Å². The van der Waals surface area contributed by atoms with Crippen LogP contribution in [-0.2, 0) is 26.1 Å². The van der Waals surface area contributed by atoms with Gasteiger partial charge >= 0.3 is 0 Å². The number of imidazole rings is 1. The summed E-state index contributed by atoms with van der Waals surface area (Å²) in [6.45, 7) is 4.79. The Hall–Kier alpha value is -1.41. The zero-order valence-corrected chi connectivity index (χ0v) is 13.6. The van der Waals surface area contributed by atoms with Crippen LogP contribution in [0, 0.1) is 5.92 Å². The van der Waals surface area contributed by atoms with E-state index in [9.17, 15) is 13.2 Å². The second-order valence-electron chi connectivity index (χ2n) is 6.18. The monoisotopic (exact) mass is 327 g/mol. The molecular weight excluding hydrogens is 306 g/mol. The van der Waals surface area contributed by atoms with Gasteiger partial charge in [0.15, 0.2) is 0 Å². The molecule has 1 amide bonds. The maximum absolute atomic E-state index is 12.4. The van der Waals surface area contributed by atoms with Crippen LogP contribution in [0.1, 0.15) is 45.0 Å². The van der Waals surface area contributed by atoms with Crippen molar-refractivity contribution in [3.05, 3.63) is 18.2 Å². The highest BCUT2D eigenvalue weighted by molar-refractivity contribution is 7.91. The Bertz CT molecular complexity index is 678. The molecule has 1 aromatic heterocycles. The molecule has 7 nitrogen and oxygen atoms in total. The highest BCUT2D eigenvalue weighted by Gasteiger charge is 2.52. The number of nitrogens with one attached hydrogen (secondary N) is 1. The first-order valence-electron chi connectivity index (χ1n) is 7.57. The molecule has 2 atom stereocenters. The number of hydrogen-bond donors (Lipinski definition) is 1. The quantitative estimate of drug-likeness (QED) is 0.870. The standard InChI is InChI=1S/C14H21N3O4S/c1-3-17-8-7-15-12(17)11-10(4-9-21-11)13(18)16-22(19,20)14(2)5-6-14/h7-8,10-11H,3-6,9H2,1-2H3,(H,16,18)/t10-,11-/m1/s1. The van der Waals surface area contributed by atoms with Crippen LogP contribution in [0.15, 0.2) is 12.4 Å². The number of carbonyl (C=O) groups is 1. The molecule has 0 unspecified atom stereocenters. The van der Waals surface area contributed by atoms with Gasteiger partial charge in [-0.3, -0.25) is 9.52 Å². The van der Waals surface area contributed by atoms with Gasteiger partial charge in [0.25, 0.3) is 0 Å². The Morgan fingerprint density at radius 1 is 1.55 bits per heavy atom. The second-order valence-corrected chi connectivity index (χ2v) is 8.37. The third kappa shape index (κ3) is 2.54. The van der Waals surface area contributed by atoms with Crippen LogP contribution in [0.3, 0.4) is 0 Å². The van der Waals surface area contributed by atoms with Crippen LogP contribution in [-0.4, -0.2) is 35.2 Å². The van der Waals surface area contributed by atoms with Crippen molar-refractivity contribution in [1.29, 1.82) is 0 Å². The molecule has 1 saturated heterocycles. The SMILES string of the molecule is CCn1ccnc1[C@@H]1OCC[C@H]1C(=O)NS(=O)(=O)C1(C)CC1. The van der Waals surface area contributed by atoms with Gasteiger partial charge in [0.05, 0.1) is 10.7 Å². The van der Waals surface area contributed by atoms with Crippen molar-refractivity contribution in [1.82, 2.24) is 14.3 Å². The fraction of sp³-hybridized carbons (Fsp3) is 0.714. The maximum Gasteiger partial charge on any atom is 0.240 e. The van der Waals surface area contributed by atoms with Crippen molar-refractivity contribution in [3.8, 4) is 0 Å². The van der Waals surface area contributed by atoms with Crippen molar-refractivity contribution >= 4 is 15.9 Å². The summed E-state index contributed by atoms with van der Waals surface area (Å²) in [7, 11) is -3.61. The fourth-order valence-corrected chi connectivity index (χ4v) is 4.04. The van der Waals surface area contributed by atoms with E-state index in [1.165, 1.54) is 0 Å². The molecule has 1 aromatic rings. The topological polar surface area (TPSA) is 90.3 Å². The number of nitrogens with zero attached hydrogens (tertiary/aromatic N) is 2. The summed E-state index contributed by atoms with van der Waals surface area (Å²) in [4.78, 5) is 16.7. The number of ether oxygens (including phenoxy) is 1. The molecule has 22 heavy (non-hydrogen) atoms. The first-order chi connectivity index (χ1) is 10.4. The predicted molar refractivity (Wildman–Crippen MR) is 79.4 cm³/mol. The number of aryl methyl sites for hydroxylation is 1. The zero-order valence-electron chi connectivity index (χ0n) is 12.8. The zero-order chi connectivity index (χ0) is 16.0. The molecule has 1 N–H and O–H groups in total. The molecule has 0 radical (unpaired) electrons. The number of carbonyl (C=O) groups excluding carboxylic acids is 1. The van der Waals surface area contributed by atoms with Gasteiger partial charge in [0.1, 0.15) is 11.9 Å². The molecule has 1 aliphatic carbocycles. The fourth-order valence-electron chi connectivity index (χ4n) is 2.73. The smallest absolute Gasteiger partial charge is 0.240 e. The first kappa shape index (κ1) is 15.5. The van der Waals surface area contributed by atoms with E-state index in [0.717, 1.165) is 6.54 Å². The molecule has 3 rings (SSSR count). The summed E-state index contributed by atoms with van der Waals surface area (Å²) in [6.07, 6.45) is 4.70. The number of aromatic nitrogens is 2. The van der Waals surface area contributed by atoms with Gasteiger partial charge in [0.2, 0.25) is 15.9 Å². The molecular formula is C14H21N3O4S. The van der Waals surface area contributed by atoms with Crippen molar-refractivity contribution in [2.24, 2.45) is 5.92 Å². The van der Waals surface area contributed by atoms with Gasteiger partial charge in [-0.25, -0.2) is 13.4 Å². The van der Waals surface area contributed by atoms with E-state index in [1.807, 2.05) is 17.7 Å². The molecule has 0 spiro atoms. The van der Waals surface area contributed by atoms with E-state index >= 15 is 0 Å². The molecule has 2 heterocycles. The van der Waals surface area contributed by atoms with Crippen LogP contribution >= 0.6 is 0 Å². The Labute approximate surface area is 130 Å². The van der Waals surface area contributed by atoms with Gasteiger partial charge in [-0.2, -0.15) is 0 Å². The lowest BCUT2D eigenvalue weighted by atomic mass is 10.0. The summed E-state index contributed by atoms with van der Waals surface area (Å²) in [5.74, 6) is -0.332. The van der Waals surface area contributed by atoms with Crippen molar-refractivity contribution < 1.29 is 17.9 Å². The van der Waals surface area contributed by atoms with Crippen LogP contribution in [0.5, 0.6) is 0 Å². The number of sulfonamides is 1. The predicted octanol–water partition coefficient (Wildman–Crippen LogP) is 0.979. The minimum Gasteiger partial charge on any atom is -0.369 e. The maximum atomic E-state index is 12.4. The van der Waals surface area contributed by atoms with Crippen LogP contribution in [0.25, 0.3) is 0 Å². The molecule has 1 saturated carbocycles. The second kappa shape index (κ2) is 5.34. The van der Waals surface area contributed by atoms with E-state index in [4.69, 9.17) is 4.74 Å². The number of amides is 1. The van der Waals surface area contributed by atoms with Crippen LogP contribution in [0.4, 0.5) is 0 Å². The van der Waals surface area contributed by atoms with Crippen LogP contribution in [0.2, 0.25) is 0 Å². The van der Waals surface area contributed by atoms with Gasteiger partial charge in [0, 0.05) is 25.5 Å². The molecule has 0 aromatic carbocycles. The molecule has 2 fully saturated rings. The lowest BCUT2D eigenvalue weighted by molar-refractivity contribution is -0.125. The summed E-state index contributed by atoms with van der Waals surface area (Å²) >= 11 is 0. The summed E-state index contributed by atoms with van der Waals surface area (Å²) in [5, 5.41) is 0. The molecule has 1 aliphatic heterocycles. The third-order valence-corrected chi connectivity index (χ3v) is 6.78. The average molecular weight is 327 g/mol. The van der Waals surface area contributed by atoms with Gasteiger partial charge in [-0.05, 0) is 33.1 Å². The lowest BCUT2D eigenvalue weighted by Gasteiger charge is -2.20. The molecule has 0 bridgehead atoms. The normalized spacial score (nSPS) is 26.8. The third-order valence-electron chi connectivity index (χ3n) is 4.61. The van der Waals surface area contributed by atoms with Gasteiger partial charge < -0.3 is 9.30 Å². The van der Waals surface area contributed by atoms with E-state index in [-0.39, 0.29) is 0 Å². The Morgan fingerprint density at radius 2 is 2.27 bits per heavy atom. The van der Waals surface area contributed by atoms with E-state index in [1.54, 1.807) is 13.1 Å².